The summed E-state index contributed by atoms with van der Waals surface area (Å²) < 4.78 is 4.73. The minimum Gasteiger partial charge on any atom is -0.466 e. The van der Waals surface area contributed by atoms with Crippen LogP contribution in [-0.2, 0) is 16.1 Å². The molecule has 3 heteroatoms. The van der Waals surface area contributed by atoms with E-state index in [-0.39, 0.29) is 12.0 Å². The maximum Gasteiger partial charge on any atom is 0.330 e. The molecule has 0 amide bonds. The Balaban J connectivity index is 1.85. The molecule has 0 radical (unpaired) electrons. The van der Waals surface area contributed by atoms with Crippen molar-refractivity contribution in [3.63, 3.8) is 0 Å². The van der Waals surface area contributed by atoms with Crippen molar-refractivity contribution >= 4 is 11.5 Å². The fraction of sp³-hybridized carbons (Fsp3) is 0.227. The van der Waals surface area contributed by atoms with Gasteiger partial charge in [0, 0.05) is 24.9 Å². The normalized spacial score (nSPS) is 17.4. The molecule has 3 nitrogen and oxygen atoms in total. The highest BCUT2D eigenvalue weighted by molar-refractivity contribution is 5.81. The third-order valence-electron chi connectivity index (χ3n) is 4.47. The second-order valence-electron chi connectivity index (χ2n) is 6.17. The number of esters is 1. The van der Waals surface area contributed by atoms with Crippen LogP contribution >= 0.6 is 0 Å². The van der Waals surface area contributed by atoms with E-state index in [9.17, 15) is 4.79 Å². The van der Waals surface area contributed by atoms with Crippen LogP contribution in [0.15, 0.2) is 79.0 Å². The van der Waals surface area contributed by atoms with Crippen LogP contribution in [0, 0.1) is 0 Å². The second kappa shape index (κ2) is 8.34. The maximum atomic E-state index is 11.5. The van der Waals surface area contributed by atoms with Gasteiger partial charge in [-0.1, -0.05) is 66.7 Å². The number of hydrogen-bond acceptors (Lipinski definition) is 3. The molecule has 0 saturated carbocycles. The Kier molecular flexibility index (Phi) is 5.68. The zero-order valence-corrected chi connectivity index (χ0v) is 14.5. The van der Waals surface area contributed by atoms with Gasteiger partial charge in [0.2, 0.25) is 0 Å². The molecule has 0 unspecified atom stereocenters. The topological polar surface area (TPSA) is 29.5 Å². The summed E-state index contributed by atoms with van der Waals surface area (Å²) in [6, 6.07) is 21.1. The van der Waals surface area contributed by atoms with Gasteiger partial charge in [-0.2, -0.15) is 0 Å². The average molecular weight is 333 g/mol. The molecule has 1 aliphatic heterocycles. The number of hydrogen-bond donors (Lipinski definition) is 0. The molecule has 0 saturated heterocycles. The summed E-state index contributed by atoms with van der Waals surface area (Å²) in [5, 5.41) is 0. The van der Waals surface area contributed by atoms with Gasteiger partial charge in [-0.15, -0.1) is 0 Å². The van der Waals surface area contributed by atoms with E-state index in [2.05, 4.69) is 59.6 Å². The van der Waals surface area contributed by atoms with Gasteiger partial charge in [-0.25, -0.2) is 4.79 Å². The SMILES string of the molecule is COC(=O)/C=C/[C@H]1CCC(c2ccccc2)=CN1Cc1ccccc1. The van der Waals surface area contributed by atoms with E-state index >= 15 is 0 Å². The first-order chi connectivity index (χ1) is 12.3. The predicted octanol–water partition coefficient (Wildman–Crippen LogP) is 4.42. The first-order valence-electron chi connectivity index (χ1n) is 8.58. The molecular weight excluding hydrogens is 310 g/mol. The largest absolute Gasteiger partial charge is 0.466 e. The van der Waals surface area contributed by atoms with Gasteiger partial charge >= 0.3 is 5.97 Å². The van der Waals surface area contributed by atoms with Crippen LogP contribution < -0.4 is 0 Å². The first kappa shape index (κ1) is 17.0. The lowest BCUT2D eigenvalue weighted by Gasteiger charge is -2.34. The molecule has 2 aromatic rings. The van der Waals surface area contributed by atoms with Crippen molar-refractivity contribution in [2.45, 2.75) is 25.4 Å². The molecule has 1 heterocycles. The smallest absolute Gasteiger partial charge is 0.330 e. The van der Waals surface area contributed by atoms with Gasteiger partial charge < -0.3 is 9.64 Å². The van der Waals surface area contributed by atoms with Gasteiger partial charge in [-0.3, -0.25) is 0 Å². The van der Waals surface area contributed by atoms with E-state index in [4.69, 9.17) is 4.74 Å². The summed E-state index contributed by atoms with van der Waals surface area (Å²) in [5.41, 5.74) is 3.85. The molecule has 25 heavy (non-hydrogen) atoms. The van der Waals surface area contributed by atoms with Crippen LogP contribution in [0.2, 0.25) is 0 Å². The van der Waals surface area contributed by atoms with E-state index in [1.807, 2.05) is 18.2 Å². The Morgan fingerprint density at radius 3 is 2.48 bits per heavy atom. The minimum absolute atomic E-state index is 0.187. The fourth-order valence-corrected chi connectivity index (χ4v) is 3.12. The monoisotopic (exact) mass is 333 g/mol. The van der Waals surface area contributed by atoms with Crippen molar-refractivity contribution in [1.29, 1.82) is 0 Å². The van der Waals surface area contributed by atoms with Crippen molar-refractivity contribution in [3.8, 4) is 0 Å². The molecule has 1 aliphatic rings. The number of benzene rings is 2. The second-order valence-corrected chi connectivity index (χ2v) is 6.17. The quantitative estimate of drug-likeness (QED) is 0.599. The van der Waals surface area contributed by atoms with E-state index in [1.165, 1.54) is 29.9 Å². The number of carbonyl (C=O) groups is 1. The lowest BCUT2D eigenvalue weighted by Crippen LogP contribution is -2.32. The number of carbonyl (C=O) groups excluding carboxylic acids is 1. The van der Waals surface area contributed by atoms with Gasteiger partial charge in [0.25, 0.3) is 0 Å². The number of nitrogens with zero attached hydrogens (tertiary/aromatic N) is 1. The minimum atomic E-state index is -0.308. The molecule has 128 valence electrons. The summed E-state index contributed by atoms with van der Waals surface area (Å²) in [6.07, 6.45) is 7.68. The van der Waals surface area contributed by atoms with E-state index < -0.39 is 0 Å². The van der Waals surface area contributed by atoms with Crippen LogP contribution in [0.3, 0.4) is 0 Å². The summed E-state index contributed by atoms with van der Waals surface area (Å²) in [5.74, 6) is -0.308. The summed E-state index contributed by atoms with van der Waals surface area (Å²) in [7, 11) is 1.41. The average Bonchev–Trinajstić information content (AvgIpc) is 2.68. The molecule has 0 aliphatic carbocycles. The van der Waals surface area contributed by atoms with Crippen LogP contribution in [0.25, 0.3) is 5.57 Å². The van der Waals surface area contributed by atoms with E-state index in [1.54, 1.807) is 0 Å². The summed E-state index contributed by atoms with van der Waals surface area (Å²) in [4.78, 5) is 13.8. The molecule has 0 spiro atoms. The molecule has 1 atom stereocenters. The molecular formula is C22H23NO2. The number of ether oxygens (including phenoxy) is 1. The third kappa shape index (κ3) is 4.60. The molecule has 0 aromatic heterocycles. The van der Waals surface area contributed by atoms with Gasteiger partial charge in [0.05, 0.1) is 7.11 Å². The third-order valence-corrected chi connectivity index (χ3v) is 4.47. The molecule has 0 N–H and O–H groups in total. The van der Waals surface area contributed by atoms with E-state index in [0.717, 1.165) is 19.4 Å². The maximum absolute atomic E-state index is 11.5. The number of allylic oxidation sites excluding steroid dienone is 1. The lowest BCUT2D eigenvalue weighted by atomic mass is 9.94. The highest BCUT2D eigenvalue weighted by Gasteiger charge is 2.20. The van der Waals surface area contributed by atoms with Crippen molar-refractivity contribution < 1.29 is 9.53 Å². The zero-order valence-electron chi connectivity index (χ0n) is 14.5. The summed E-state index contributed by atoms with van der Waals surface area (Å²) >= 11 is 0. The zero-order chi connectivity index (χ0) is 17.5. The van der Waals surface area contributed by atoms with Crippen molar-refractivity contribution in [2.75, 3.05) is 7.11 Å². The Labute approximate surface area is 149 Å². The number of methoxy groups -OCH3 is 1. The van der Waals surface area contributed by atoms with E-state index in [0.29, 0.717) is 0 Å². The number of rotatable bonds is 5. The highest BCUT2D eigenvalue weighted by atomic mass is 16.5. The molecule has 3 rings (SSSR count). The van der Waals surface area contributed by atoms with Gasteiger partial charge in [-0.05, 0) is 29.5 Å². The lowest BCUT2D eigenvalue weighted by molar-refractivity contribution is -0.134. The van der Waals surface area contributed by atoms with Crippen LogP contribution in [0.1, 0.15) is 24.0 Å². The molecule has 2 aromatic carbocycles. The standard InChI is InChI=1S/C22H23NO2/c1-25-22(24)15-14-21-13-12-20(19-10-6-3-7-11-19)17-23(21)16-18-8-4-2-5-9-18/h2-11,14-15,17,21H,12-13,16H2,1H3/b15-14+/t21-/m1/s1. The Morgan fingerprint density at radius 1 is 1.12 bits per heavy atom. The molecule has 0 bridgehead atoms. The van der Waals surface area contributed by atoms with Crippen LogP contribution in [0.4, 0.5) is 0 Å². The highest BCUT2D eigenvalue weighted by Crippen LogP contribution is 2.29. The predicted molar refractivity (Wildman–Crippen MR) is 101 cm³/mol. The van der Waals surface area contributed by atoms with Crippen molar-refractivity contribution in [3.05, 3.63) is 90.1 Å². The van der Waals surface area contributed by atoms with Crippen LogP contribution in [0.5, 0.6) is 0 Å². The Morgan fingerprint density at radius 2 is 1.80 bits per heavy atom. The Hall–Kier alpha value is -2.81. The van der Waals surface area contributed by atoms with Crippen molar-refractivity contribution in [1.82, 2.24) is 4.90 Å². The molecule has 0 fully saturated rings. The first-order valence-corrected chi connectivity index (χ1v) is 8.58. The van der Waals surface area contributed by atoms with Gasteiger partial charge in [0.15, 0.2) is 0 Å². The van der Waals surface area contributed by atoms with Gasteiger partial charge in [0.1, 0.15) is 0 Å². The van der Waals surface area contributed by atoms with Crippen molar-refractivity contribution in [2.24, 2.45) is 0 Å². The summed E-state index contributed by atoms with van der Waals surface area (Å²) in [6.45, 7) is 0.813. The fourth-order valence-electron chi connectivity index (χ4n) is 3.12. The van der Waals surface area contributed by atoms with Crippen LogP contribution in [-0.4, -0.2) is 24.0 Å². The Bertz CT molecular complexity index is 750.